The first-order chi connectivity index (χ1) is 13.2. The van der Waals surface area contributed by atoms with Crippen LogP contribution in [0, 0.1) is 13.8 Å². The van der Waals surface area contributed by atoms with Gasteiger partial charge in [0.05, 0.1) is 11.7 Å². The van der Waals surface area contributed by atoms with E-state index in [0.29, 0.717) is 0 Å². The van der Waals surface area contributed by atoms with E-state index in [2.05, 4.69) is 36.4 Å². The molecule has 2 N–H and O–H groups in total. The lowest BCUT2D eigenvalue weighted by Crippen LogP contribution is -2.33. The summed E-state index contributed by atoms with van der Waals surface area (Å²) in [6.45, 7) is 5.85. The number of anilines is 2. The molecule has 1 saturated heterocycles. The van der Waals surface area contributed by atoms with Crippen LogP contribution in [0.15, 0.2) is 36.5 Å². The van der Waals surface area contributed by atoms with E-state index in [1.54, 1.807) is 6.20 Å². The second-order valence-electron chi connectivity index (χ2n) is 7.08. The highest BCUT2D eigenvalue weighted by Crippen LogP contribution is 2.32. The first-order valence-corrected chi connectivity index (χ1v) is 9.46. The predicted octanol–water partition coefficient (Wildman–Crippen LogP) is 3.68. The van der Waals surface area contributed by atoms with E-state index in [0.717, 1.165) is 54.1 Å². The molecule has 4 rings (SSSR count). The van der Waals surface area contributed by atoms with Crippen molar-refractivity contribution in [3.8, 4) is 0 Å². The number of aryl methyl sites for hydroxylation is 2. The number of aromatic nitrogens is 5. The van der Waals surface area contributed by atoms with Gasteiger partial charge in [-0.3, -0.25) is 10.00 Å². The van der Waals surface area contributed by atoms with E-state index >= 15 is 0 Å². The van der Waals surface area contributed by atoms with Crippen molar-refractivity contribution in [2.75, 3.05) is 11.9 Å². The molecular weight excluding hydrogens is 338 g/mol. The molecule has 0 aromatic carbocycles. The minimum atomic E-state index is 0.287. The van der Waals surface area contributed by atoms with Crippen LogP contribution in [0.1, 0.15) is 48.2 Å². The second-order valence-corrected chi connectivity index (χ2v) is 7.08. The molecule has 1 fully saturated rings. The summed E-state index contributed by atoms with van der Waals surface area (Å²) in [4.78, 5) is 16.3. The van der Waals surface area contributed by atoms with E-state index in [-0.39, 0.29) is 6.04 Å². The van der Waals surface area contributed by atoms with Gasteiger partial charge in [-0.25, -0.2) is 15.0 Å². The van der Waals surface area contributed by atoms with Crippen LogP contribution < -0.4 is 5.32 Å². The van der Waals surface area contributed by atoms with Crippen molar-refractivity contribution in [2.45, 2.75) is 45.7 Å². The number of H-pyrrole nitrogens is 1. The van der Waals surface area contributed by atoms with Gasteiger partial charge in [-0.05, 0) is 51.4 Å². The molecule has 7 heteroatoms. The lowest BCUT2D eigenvalue weighted by atomic mass is 9.98. The minimum absolute atomic E-state index is 0.287. The van der Waals surface area contributed by atoms with E-state index in [1.807, 2.05) is 38.1 Å². The summed E-state index contributed by atoms with van der Waals surface area (Å²) in [5.74, 6) is 2.37. The van der Waals surface area contributed by atoms with Crippen LogP contribution in [0.5, 0.6) is 0 Å². The van der Waals surface area contributed by atoms with Gasteiger partial charge in [0.25, 0.3) is 0 Å². The van der Waals surface area contributed by atoms with Crippen molar-refractivity contribution < 1.29 is 0 Å². The number of hydrogen-bond acceptors (Lipinski definition) is 6. The van der Waals surface area contributed by atoms with E-state index in [1.165, 1.54) is 12.8 Å². The number of rotatable bonds is 5. The third kappa shape index (κ3) is 4.31. The van der Waals surface area contributed by atoms with Crippen LogP contribution in [-0.2, 0) is 6.54 Å². The summed E-state index contributed by atoms with van der Waals surface area (Å²) < 4.78 is 0. The molecule has 1 aliphatic rings. The maximum absolute atomic E-state index is 4.76. The third-order valence-corrected chi connectivity index (χ3v) is 4.89. The normalized spacial score (nSPS) is 17.8. The molecule has 0 radical (unpaired) electrons. The first kappa shape index (κ1) is 17.6. The maximum atomic E-state index is 4.76. The molecule has 0 amide bonds. The largest absolute Gasteiger partial charge is 0.325 e. The molecule has 0 bridgehead atoms. The van der Waals surface area contributed by atoms with Crippen LogP contribution in [0.3, 0.4) is 0 Å². The molecule has 7 nitrogen and oxygen atoms in total. The Hall–Kier alpha value is -2.80. The Labute approximate surface area is 159 Å². The molecule has 0 saturated carbocycles. The fourth-order valence-electron chi connectivity index (χ4n) is 3.68. The van der Waals surface area contributed by atoms with Gasteiger partial charge in [-0.2, -0.15) is 5.10 Å². The highest BCUT2D eigenvalue weighted by molar-refractivity contribution is 5.52. The number of nitrogens with zero attached hydrogens (tertiary/aromatic N) is 5. The standard InChI is InChI=1S/C20H25N7/c1-14-6-5-8-19(22-14)25-20-12-17(23-15(2)24-20)18-7-3-4-11-27(18)13-16-9-10-21-26-16/h5-6,8-10,12,18H,3-4,7,11,13H2,1-2H3,(H,21,26)(H,22,23,24,25). The number of nitrogens with one attached hydrogen (secondary N) is 2. The van der Waals surface area contributed by atoms with Gasteiger partial charge >= 0.3 is 0 Å². The van der Waals surface area contributed by atoms with Crippen LogP contribution in [0.2, 0.25) is 0 Å². The zero-order valence-corrected chi connectivity index (χ0v) is 15.8. The zero-order valence-electron chi connectivity index (χ0n) is 15.8. The SMILES string of the molecule is Cc1cccc(Nc2cc(C3CCCCN3Cc3ccn[nH]3)nc(C)n2)n1. The maximum Gasteiger partial charge on any atom is 0.135 e. The summed E-state index contributed by atoms with van der Waals surface area (Å²) in [5, 5.41) is 10.5. The Balaban J connectivity index is 1.58. The lowest BCUT2D eigenvalue weighted by Gasteiger charge is -2.35. The summed E-state index contributed by atoms with van der Waals surface area (Å²) in [7, 11) is 0. The van der Waals surface area contributed by atoms with Crippen molar-refractivity contribution in [1.82, 2.24) is 30.0 Å². The van der Waals surface area contributed by atoms with Crippen molar-refractivity contribution in [3.05, 3.63) is 59.4 Å². The molecule has 1 unspecified atom stereocenters. The predicted molar refractivity (Wildman–Crippen MR) is 105 cm³/mol. The van der Waals surface area contributed by atoms with Crippen LogP contribution >= 0.6 is 0 Å². The summed E-state index contributed by atoms with van der Waals surface area (Å²) in [6.07, 6.45) is 5.34. The Morgan fingerprint density at radius 2 is 2.04 bits per heavy atom. The molecule has 3 aromatic rings. The Morgan fingerprint density at radius 1 is 1.11 bits per heavy atom. The number of hydrogen-bond donors (Lipinski definition) is 2. The number of likely N-dealkylation sites (tertiary alicyclic amines) is 1. The number of piperidine rings is 1. The average Bonchev–Trinajstić information content (AvgIpc) is 3.15. The highest BCUT2D eigenvalue weighted by Gasteiger charge is 2.26. The van der Waals surface area contributed by atoms with Gasteiger partial charge in [-0.15, -0.1) is 0 Å². The monoisotopic (exact) mass is 363 g/mol. The van der Waals surface area contributed by atoms with Gasteiger partial charge in [-0.1, -0.05) is 12.5 Å². The van der Waals surface area contributed by atoms with E-state index in [4.69, 9.17) is 4.98 Å². The van der Waals surface area contributed by atoms with E-state index < -0.39 is 0 Å². The van der Waals surface area contributed by atoms with Crippen molar-refractivity contribution in [2.24, 2.45) is 0 Å². The summed E-state index contributed by atoms with van der Waals surface area (Å²) in [6, 6.07) is 10.3. The summed E-state index contributed by atoms with van der Waals surface area (Å²) in [5.41, 5.74) is 3.18. The Morgan fingerprint density at radius 3 is 2.85 bits per heavy atom. The van der Waals surface area contributed by atoms with Crippen LogP contribution in [-0.4, -0.2) is 36.6 Å². The quantitative estimate of drug-likeness (QED) is 0.719. The zero-order chi connectivity index (χ0) is 18.6. The highest BCUT2D eigenvalue weighted by atomic mass is 15.2. The molecule has 4 heterocycles. The van der Waals surface area contributed by atoms with Gasteiger partial charge in [0.2, 0.25) is 0 Å². The number of aromatic amines is 1. The second kappa shape index (κ2) is 7.84. The van der Waals surface area contributed by atoms with Crippen molar-refractivity contribution in [3.63, 3.8) is 0 Å². The average molecular weight is 363 g/mol. The van der Waals surface area contributed by atoms with Crippen LogP contribution in [0.25, 0.3) is 0 Å². The van der Waals surface area contributed by atoms with Gasteiger partial charge in [0.1, 0.15) is 17.5 Å². The smallest absolute Gasteiger partial charge is 0.135 e. The molecule has 1 aliphatic heterocycles. The van der Waals surface area contributed by atoms with Crippen molar-refractivity contribution >= 4 is 11.6 Å². The number of pyridine rings is 1. The van der Waals surface area contributed by atoms with Gasteiger partial charge in [0, 0.05) is 30.2 Å². The molecule has 1 atom stereocenters. The van der Waals surface area contributed by atoms with E-state index in [9.17, 15) is 0 Å². The molecular formula is C20H25N7. The fraction of sp³-hybridized carbons (Fsp3) is 0.400. The minimum Gasteiger partial charge on any atom is -0.325 e. The molecule has 27 heavy (non-hydrogen) atoms. The van der Waals surface area contributed by atoms with Gasteiger partial charge < -0.3 is 5.32 Å². The molecule has 140 valence electrons. The lowest BCUT2D eigenvalue weighted by molar-refractivity contribution is 0.135. The van der Waals surface area contributed by atoms with Gasteiger partial charge in [0.15, 0.2) is 0 Å². The topological polar surface area (TPSA) is 82.6 Å². The van der Waals surface area contributed by atoms with Crippen molar-refractivity contribution in [1.29, 1.82) is 0 Å². The molecule has 3 aromatic heterocycles. The fourth-order valence-corrected chi connectivity index (χ4v) is 3.68. The molecule has 0 spiro atoms. The van der Waals surface area contributed by atoms with Crippen LogP contribution in [0.4, 0.5) is 11.6 Å². The Bertz CT molecular complexity index is 891. The molecule has 0 aliphatic carbocycles. The summed E-state index contributed by atoms with van der Waals surface area (Å²) >= 11 is 0. The third-order valence-electron chi connectivity index (χ3n) is 4.89. The Kier molecular flexibility index (Phi) is 5.11. The first-order valence-electron chi connectivity index (χ1n) is 9.46.